The molecule has 1 aromatic carbocycles. The van der Waals surface area contributed by atoms with E-state index >= 15 is 0 Å². The molecule has 22 heavy (non-hydrogen) atoms. The molecule has 0 radical (unpaired) electrons. The molecule has 1 aliphatic rings. The second-order valence-corrected chi connectivity index (χ2v) is 6.00. The lowest BCUT2D eigenvalue weighted by atomic mass is 9.89. The third kappa shape index (κ3) is 4.68. The summed E-state index contributed by atoms with van der Waals surface area (Å²) in [6.45, 7) is 2.14. The predicted octanol–water partition coefficient (Wildman–Crippen LogP) is 3.84. The van der Waals surface area contributed by atoms with Crippen molar-refractivity contribution >= 4 is 5.91 Å². The molecule has 0 unspecified atom stereocenters. The van der Waals surface area contributed by atoms with E-state index in [4.69, 9.17) is 4.74 Å². The monoisotopic (exact) mass is 311 g/mol. The van der Waals surface area contributed by atoms with Crippen molar-refractivity contribution in [2.45, 2.75) is 44.4 Å². The number of rotatable bonds is 5. The fraction of sp³-hybridized carbons (Fsp3) is 0.588. The first-order valence-corrected chi connectivity index (χ1v) is 7.68. The lowest BCUT2D eigenvalue weighted by molar-refractivity contribution is -0.134. The average Bonchev–Trinajstić information content (AvgIpc) is 2.52. The van der Waals surface area contributed by atoms with Crippen LogP contribution in [-0.4, -0.2) is 36.9 Å². The molecule has 1 heterocycles. The molecule has 0 saturated carbocycles. The van der Waals surface area contributed by atoms with Gasteiger partial charge in [-0.1, -0.05) is 12.1 Å². The molecule has 1 fully saturated rings. The maximum atomic E-state index is 12.8. The molecule has 2 rings (SSSR count). The molecule has 0 spiro atoms. The highest BCUT2D eigenvalue weighted by Gasteiger charge is 2.27. The molecule has 5 heteroatoms. The van der Waals surface area contributed by atoms with Crippen LogP contribution in [0.15, 0.2) is 24.3 Å². The lowest BCUT2D eigenvalue weighted by Crippen LogP contribution is -2.38. The van der Waals surface area contributed by atoms with E-state index in [2.05, 4.69) is 12.1 Å². The second kappa shape index (κ2) is 7.07. The van der Waals surface area contributed by atoms with Crippen LogP contribution < -0.4 is 4.74 Å². The number of hydrogen-bond acceptors (Lipinski definition) is 2. The summed E-state index contributed by atoms with van der Waals surface area (Å²) in [4.78, 5) is 13.7. The molecule has 1 amide bonds. The van der Waals surface area contributed by atoms with Crippen molar-refractivity contribution in [2.24, 2.45) is 0 Å². The Kier molecular flexibility index (Phi) is 5.37. The molecular formula is C17H23F2NO2. The molecule has 0 bridgehead atoms. The first kappa shape index (κ1) is 16.7. The van der Waals surface area contributed by atoms with E-state index in [1.54, 1.807) is 12.0 Å². The minimum Gasteiger partial charge on any atom is -0.497 e. The molecule has 1 aliphatic heterocycles. The fourth-order valence-electron chi connectivity index (χ4n) is 2.82. The van der Waals surface area contributed by atoms with Crippen molar-refractivity contribution in [1.82, 2.24) is 4.90 Å². The minimum absolute atomic E-state index is 0.0727. The van der Waals surface area contributed by atoms with Crippen LogP contribution >= 0.6 is 0 Å². The van der Waals surface area contributed by atoms with Gasteiger partial charge in [0.15, 0.2) is 0 Å². The van der Waals surface area contributed by atoms with Crippen molar-refractivity contribution in [2.75, 3.05) is 20.2 Å². The third-order valence-corrected chi connectivity index (χ3v) is 4.21. The van der Waals surface area contributed by atoms with Gasteiger partial charge in [-0.15, -0.1) is 0 Å². The van der Waals surface area contributed by atoms with E-state index in [1.165, 1.54) is 5.56 Å². The fourth-order valence-corrected chi connectivity index (χ4v) is 2.82. The normalized spacial score (nSPS) is 16.6. The number of alkyl halides is 2. The van der Waals surface area contributed by atoms with E-state index in [9.17, 15) is 13.6 Å². The van der Waals surface area contributed by atoms with E-state index in [1.807, 2.05) is 12.1 Å². The molecule has 1 aromatic rings. The third-order valence-electron chi connectivity index (χ3n) is 4.21. The van der Waals surface area contributed by atoms with Crippen molar-refractivity contribution in [3.8, 4) is 5.75 Å². The van der Waals surface area contributed by atoms with Gasteiger partial charge in [-0.25, -0.2) is 8.78 Å². The van der Waals surface area contributed by atoms with Gasteiger partial charge in [-0.3, -0.25) is 4.79 Å². The number of carbonyl (C=O) groups is 1. The molecule has 0 aromatic heterocycles. The smallest absolute Gasteiger partial charge is 0.245 e. The second-order valence-electron chi connectivity index (χ2n) is 6.00. The standard InChI is InChI=1S/C17H23F2NO2/c1-17(18,19)10-7-16(21)20-11-8-14(9-12-20)13-3-5-15(22-2)6-4-13/h3-6,14H,7-12H2,1-2H3. The topological polar surface area (TPSA) is 29.5 Å². The highest BCUT2D eigenvalue weighted by atomic mass is 19.3. The Bertz CT molecular complexity index is 488. The molecule has 0 aliphatic carbocycles. The quantitative estimate of drug-likeness (QED) is 0.827. The number of nitrogens with zero attached hydrogens (tertiary/aromatic N) is 1. The zero-order valence-electron chi connectivity index (χ0n) is 13.1. The summed E-state index contributed by atoms with van der Waals surface area (Å²) in [6, 6.07) is 7.99. The number of ether oxygens (including phenoxy) is 1. The minimum atomic E-state index is -2.77. The summed E-state index contributed by atoms with van der Waals surface area (Å²) in [5, 5.41) is 0. The zero-order valence-corrected chi connectivity index (χ0v) is 13.1. The molecule has 0 atom stereocenters. The van der Waals surface area contributed by atoms with E-state index in [0.29, 0.717) is 19.0 Å². The average molecular weight is 311 g/mol. The maximum Gasteiger partial charge on any atom is 0.245 e. The Balaban J connectivity index is 1.83. The van der Waals surface area contributed by atoms with E-state index < -0.39 is 5.92 Å². The first-order chi connectivity index (χ1) is 10.4. The molecule has 0 N–H and O–H groups in total. The Morgan fingerprint density at radius 1 is 1.27 bits per heavy atom. The summed E-state index contributed by atoms with van der Waals surface area (Å²) in [7, 11) is 1.64. The highest BCUT2D eigenvalue weighted by molar-refractivity contribution is 5.76. The number of amides is 1. The zero-order chi connectivity index (χ0) is 16.2. The van der Waals surface area contributed by atoms with Gasteiger partial charge in [0.05, 0.1) is 7.11 Å². The van der Waals surface area contributed by atoms with Gasteiger partial charge in [0.25, 0.3) is 0 Å². The van der Waals surface area contributed by atoms with Gasteiger partial charge in [0.1, 0.15) is 5.75 Å². The van der Waals surface area contributed by atoms with Crippen molar-refractivity contribution in [1.29, 1.82) is 0 Å². The Hall–Kier alpha value is -1.65. The summed E-state index contributed by atoms with van der Waals surface area (Å²) >= 11 is 0. The first-order valence-electron chi connectivity index (χ1n) is 7.68. The number of benzene rings is 1. The Morgan fingerprint density at radius 2 is 1.86 bits per heavy atom. The number of halogens is 2. The van der Waals surface area contributed by atoms with Crippen LogP contribution in [-0.2, 0) is 4.79 Å². The molecule has 1 saturated heterocycles. The molecule has 3 nitrogen and oxygen atoms in total. The summed E-state index contributed by atoms with van der Waals surface area (Å²) < 4.78 is 30.8. The lowest BCUT2D eigenvalue weighted by Gasteiger charge is -2.32. The van der Waals surface area contributed by atoms with Crippen molar-refractivity contribution in [3.63, 3.8) is 0 Å². The molecular weight excluding hydrogens is 288 g/mol. The predicted molar refractivity (Wildman–Crippen MR) is 81.4 cm³/mol. The number of piperidine rings is 1. The Morgan fingerprint density at radius 3 is 2.36 bits per heavy atom. The van der Waals surface area contributed by atoms with Crippen LogP contribution in [0.25, 0.3) is 0 Å². The SMILES string of the molecule is COc1ccc(C2CCN(C(=O)CCC(C)(F)F)CC2)cc1. The van der Waals surface area contributed by atoms with Crippen molar-refractivity contribution < 1.29 is 18.3 Å². The van der Waals surface area contributed by atoms with Gasteiger partial charge >= 0.3 is 0 Å². The van der Waals surface area contributed by atoms with Crippen LogP contribution in [0.4, 0.5) is 8.78 Å². The number of hydrogen-bond donors (Lipinski definition) is 0. The van der Waals surface area contributed by atoms with E-state index in [0.717, 1.165) is 25.5 Å². The van der Waals surface area contributed by atoms with Gasteiger partial charge in [0, 0.05) is 25.9 Å². The van der Waals surface area contributed by atoms with E-state index in [-0.39, 0.29) is 18.7 Å². The number of likely N-dealkylation sites (tertiary alicyclic amines) is 1. The van der Waals surface area contributed by atoms with Crippen LogP contribution in [0.5, 0.6) is 5.75 Å². The Labute approximate surface area is 130 Å². The largest absolute Gasteiger partial charge is 0.497 e. The van der Waals surface area contributed by atoms with Gasteiger partial charge < -0.3 is 9.64 Å². The van der Waals surface area contributed by atoms with Crippen LogP contribution in [0.2, 0.25) is 0 Å². The summed E-state index contributed by atoms with van der Waals surface area (Å²) in [6.07, 6.45) is 1.31. The number of carbonyl (C=O) groups excluding carboxylic acids is 1. The summed E-state index contributed by atoms with van der Waals surface area (Å²) in [5.74, 6) is -1.67. The summed E-state index contributed by atoms with van der Waals surface area (Å²) in [5.41, 5.74) is 1.24. The van der Waals surface area contributed by atoms with Crippen molar-refractivity contribution in [3.05, 3.63) is 29.8 Å². The van der Waals surface area contributed by atoms with Gasteiger partial charge in [-0.2, -0.15) is 0 Å². The van der Waals surface area contributed by atoms with Crippen LogP contribution in [0, 0.1) is 0 Å². The highest BCUT2D eigenvalue weighted by Crippen LogP contribution is 2.30. The van der Waals surface area contributed by atoms with Gasteiger partial charge in [-0.05, 0) is 43.4 Å². The maximum absolute atomic E-state index is 12.8. The van der Waals surface area contributed by atoms with Crippen LogP contribution in [0.3, 0.4) is 0 Å². The van der Waals surface area contributed by atoms with Gasteiger partial charge in [0.2, 0.25) is 11.8 Å². The van der Waals surface area contributed by atoms with Crippen LogP contribution in [0.1, 0.15) is 44.1 Å². The number of methoxy groups -OCH3 is 1. The molecule has 122 valence electrons.